The maximum atomic E-state index is 12.9. The highest BCUT2D eigenvalue weighted by molar-refractivity contribution is 6.08. The fourth-order valence-electron chi connectivity index (χ4n) is 2.49. The van der Waals surface area contributed by atoms with Gasteiger partial charge in [0.1, 0.15) is 12.6 Å². The molecule has 146 valence electrons. The number of pyridine rings is 1. The van der Waals surface area contributed by atoms with Crippen LogP contribution in [0.3, 0.4) is 0 Å². The molecule has 6 nitrogen and oxygen atoms in total. The van der Waals surface area contributed by atoms with Crippen LogP contribution in [-0.4, -0.2) is 53.8 Å². The first kappa shape index (κ1) is 20.5. The number of likely N-dealkylation sites (N-methyl/N-ethyl adjacent to an activating group) is 2. The Balaban J connectivity index is 2.06. The monoisotopic (exact) mass is 378 g/mol. The lowest BCUT2D eigenvalue weighted by molar-refractivity contribution is -0.135. The molecule has 1 amide bonds. The van der Waals surface area contributed by atoms with E-state index in [4.69, 9.17) is 4.74 Å². The maximum Gasteiger partial charge on any atom is 0.255 e. The smallest absolute Gasteiger partial charge is 0.255 e. The molecule has 1 aliphatic rings. The Morgan fingerprint density at radius 1 is 1.52 bits per heavy atom. The average molecular weight is 378 g/mol. The van der Waals surface area contributed by atoms with Gasteiger partial charge in [-0.3, -0.25) is 9.80 Å². The van der Waals surface area contributed by atoms with E-state index in [1.165, 1.54) is 5.01 Å². The summed E-state index contributed by atoms with van der Waals surface area (Å²) in [7, 11) is 1.69. The Hall–Kier alpha value is -2.77. The molecule has 1 saturated carbocycles. The number of carbonyl (C=O) groups is 1. The van der Waals surface area contributed by atoms with Crippen LogP contribution in [0.15, 0.2) is 48.2 Å². The van der Waals surface area contributed by atoms with Crippen LogP contribution in [0, 0.1) is 0 Å². The number of amides is 1. The number of halogens is 2. The number of hydrogen-bond donors (Lipinski definition) is 1. The van der Waals surface area contributed by atoms with Crippen molar-refractivity contribution in [2.45, 2.75) is 31.8 Å². The van der Waals surface area contributed by atoms with Gasteiger partial charge in [0.15, 0.2) is 0 Å². The average Bonchev–Trinajstić information content (AvgIpc) is 2.58. The third-order valence-electron chi connectivity index (χ3n) is 3.79. The number of ether oxygens (including phenoxy) is 1. The Morgan fingerprint density at radius 2 is 2.26 bits per heavy atom. The Kier molecular flexibility index (Phi) is 7.04. The van der Waals surface area contributed by atoms with E-state index < -0.39 is 12.0 Å². The van der Waals surface area contributed by atoms with Gasteiger partial charge in [-0.05, 0) is 19.1 Å². The van der Waals surface area contributed by atoms with Crippen molar-refractivity contribution in [3.63, 3.8) is 0 Å². The number of nitrogens with one attached hydrogen (secondary N) is 1. The Morgan fingerprint density at radius 3 is 2.81 bits per heavy atom. The topological polar surface area (TPSA) is 66.8 Å². The molecule has 0 aliphatic heterocycles. The summed E-state index contributed by atoms with van der Waals surface area (Å²) in [5, 5.41) is 8.65. The van der Waals surface area contributed by atoms with Crippen molar-refractivity contribution in [1.82, 2.24) is 15.3 Å². The van der Waals surface area contributed by atoms with Crippen molar-refractivity contribution in [2.75, 3.05) is 20.1 Å². The molecule has 0 atom stereocenters. The van der Waals surface area contributed by atoms with Gasteiger partial charge in [-0.25, -0.2) is 13.8 Å². The van der Waals surface area contributed by atoms with Crippen molar-refractivity contribution >= 4 is 11.6 Å². The number of alkyl halides is 2. The Labute approximate surface area is 157 Å². The second-order valence-electron chi connectivity index (χ2n) is 6.24. The molecule has 1 heterocycles. The second-order valence-corrected chi connectivity index (χ2v) is 6.24. The largest absolute Gasteiger partial charge is 0.474 e. The quantitative estimate of drug-likeness (QED) is 0.408. The molecule has 1 aliphatic carbocycles. The normalized spacial score (nSPS) is 16.7. The SMILES string of the molecule is C=C/C=C\C(=N/N(C)CC(=O)NCC)c1ccc(OC2CC(F)(F)C2)nc1. The predicted molar refractivity (Wildman–Crippen MR) is 100 cm³/mol. The van der Waals surface area contributed by atoms with E-state index in [1.807, 2.05) is 6.92 Å². The van der Waals surface area contributed by atoms with Gasteiger partial charge in [0.05, 0.1) is 5.71 Å². The zero-order valence-corrected chi connectivity index (χ0v) is 15.5. The maximum absolute atomic E-state index is 12.9. The van der Waals surface area contributed by atoms with Crippen molar-refractivity contribution in [3.05, 3.63) is 48.7 Å². The summed E-state index contributed by atoms with van der Waals surface area (Å²) in [6.07, 6.45) is 5.56. The molecular weight excluding hydrogens is 354 g/mol. The standard InChI is InChI=1S/C19H24F2N4O2/c1-4-6-7-16(24-25(3)13-17(26)22-5-2)14-8-9-18(23-12-14)27-15-10-19(20,21)11-15/h4,6-9,12,15H,1,5,10-11,13H2,2-3H3,(H,22,26)/b7-6-,24-16+. The van der Waals surface area contributed by atoms with Crippen LogP contribution >= 0.6 is 0 Å². The molecule has 27 heavy (non-hydrogen) atoms. The fraction of sp³-hybridized carbons (Fsp3) is 0.421. The van der Waals surface area contributed by atoms with Gasteiger partial charge >= 0.3 is 0 Å². The third-order valence-corrected chi connectivity index (χ3v) is 3.79. The minimum atomic E-state index is -2.63. The highest BCUT2D eigenvalue weighted by atomic mass is 19.3. The van der Waals surface area contributed by atoms with Crippen LogP contribution in [0.4, 0.5) is 8.78 Å². The molecule has 0 radical (unpaired) electrons. The summed E-state index contributed by atoms with van der Waals surface area (Å²) in [6, 6.07) is 3.36. The minimum absolute atomic E-state index is 0.115. The number of carbonyl (C=O) groups excluding carboxylic acids is 1. The zero-order chi connectivity index (χ0) is 19.9. The first-order valence-electron chi connectivity index (χ1n) is 8.69. The summed E-state index contributed by atoms with van der Waals surface area (Å²) >= 11 is 0. The van der Waals surface area contributed by atoms with Gasteiger partial charge in [0.2, 0.25) is 11.8 Å². The lowest BCUT2D eigenvalue weighted by atomic mass is 9.91. The number of rotatable bonds is 9. The third kappa shape index (κ3) is 6.47. The van der Waals surface area contributed by atoms with Crippen LogP contribution in [-0.2, 0) is 4.79 Å². The van der Waals surface area contributed by atoms with E-state index in [-0.39, 0.29) is 25.3 Å². The van der Waals surface area contributed by atoms with Crippen molar-refractivity contribution < 1.29 is 18.3 Å². The highest BCUT2D eigenvalue weighted by Crippen LogP contribution is 2.39. The molecule has 1 aromatic rings. The lowest BCUT2D eigenvalue weighted by Crippen LogP contribution is -2.43. The predicted octanol–water partition coefficient (Wildman–Crippen LogP) is 2.77. The summed E-state index contributed by atoms with van der Waals surface area (Å²) in [5.41, 5.74) is 1.28. The van der Waals surface area contributed by atoms with E-state index >= 15 is 0 Å². The Bertz CT molecular complexity index is 709. The summed E-state index contributed by atoms with van der Waals surface area (Å²) < 4.78 is 31.2. The molecule has 0 bridgehead atoms. The molecule has 1 aromatic heterocycles. The molecule has 8 heteroatoms. The van der Waals surface area contributed by atoms with E-state index in [0.29, 0.717) is 23.7 Å². The van der Waals surface area contributed by atoms with Crippen molar-refractivity contribution in [1.29, 1.82) is 0 Å². The summed E-state index contributed by atoms with van der Waals surface area (Å²) in [5.74, 6) is -2.47. The van der Waals surface area contributed by atoms with Gasteiger partial charge in [-0.2, -0.15) is 5.10 Å². The molecule has 1 N–H and O–H groups in total. The van der Waals surface area contributed by atoms with Gasteiger partial charge in [-0.15, -0.1) is 0 Å². The van der Waals surface area contributed by atoms with E-state index in [9.17, 15) is 13.6 Å². The lowest BCUT2D eigenvalue weighted by Gasteiger charge is -2.34. The van der Waals surface area contributed by atoms with Gasteiger partial charge in [0, 0.05) is 44.3 Å². The molecule has 0 aromatic carbocycles. The number of nitrogens with zero attached hydrogens (tertiary/aromatic N) is 3. The fourth-order valence-corrected chi connectivity index (χ4v) is 2.49. The van der Waals surface area contributed by atoms with Crippen LogP contribution in [0.1, 0.15) is 25.3 Å². The molecular formula is C19H24F2N4O2. The highest BCUT2D eigenvalue weighted by Gasteiger charge is 2.47. The molecule has 1 fully saturated rings. The van der Waals surface area contributed by atoms with Crippen LogP contribution in [0.2, 0.25) is 0 Å². The first-order chi connectivity index (χ1) is 12.8. The van der Waals surface area contributed by atoms with E-state index in [2.05, 4.69) is 22.0 Å². The van der Waals surface area contributed by atoms with Crippen molar-refractivity contribution in [3.8, 4) is 5.88 Å². The van der Waals surface area contributed by atoms with Crippen LogP contribution < -0.4 is 10.1 Å². The molecule has 2 rings (SSSR count). The number of allylic oxidation sites excluding steroid dienone is 3. The van der Waals surface area contributed by atoms with Crippen molar-refractivity contribution in [2.24, 2.45) is 5.10 Å². The van der Waals surface area contributed by atoms with E-state index in [1.54, 1.807) is 43.6 Å². The van der Waals surface area contributed by atoms with Crippen LogP contribution in [0.25, 0.3) is 0 Å². The second kappa shape index (κ2) is 9.25. The van der Waals surface area contributed by atoms with Gasteiger partial charge in [-0.1, -0.05) is 18.7 Å². The molecule has 0 unspecified atom stereocenters. The molecule has 0 saturated heterocycles. The zero-order valence-electron chi connectivity index (χ0n) is 15.5. The summed E-state index contributed by atoms with van der Waals surface area (Å²) in [4.78, 5) is 15.8. The molecule has 0 spiro atoms. The van der Waals surface area contributed by atoms with Crippen LogP contribution in [0.5, 0.6) is 5.88 Å². The van der Waals surface area contributed by atoms with Gasteiger partial charge < -0.3 is 10.1 Å². The van der Waals surface area contributed by atoms with E-state index in [0.717, 1.165) is 0 Å². The van der Waals surface area contributed by atoms with Gasteiger partial charge in [0.25, 0.3) is 5.92 Å². The first-order valence-corrected chi connectivity index (χ1v) is 8.69. The number of hydrazone groups is 1. The minimum Gasteiger partial charge on any atom is -0.474 e. The number of hydrogen-bond acceptors (Lipinski definition) is 5. The summed E-state index contributed by atoms with van der Waals surface area (Å²) in [6.45, 7) is 6.15. The number of aromatic nitrogens is 1.